The number of alkyl carbamates (subject to hydrolysis) is 1. The summed E-state index contributed by atoms with van der Waals surface area (Å²) < 4.78 is 17.8. The van der Waals surface area contributed by atoms with Crippen LogP contribution < -0.4 is 14.8 Å². The molecule has 9 nitrogen and oxygen atoms in total. The molecule has 0 radical (unpaired) electrons. The van der Waals surface area contributed by atoms with Gasteiger partial charge in [0, 0.05) is 24.7 Å². The summed E-state index contributed by atoms with van der Waals surface area (Å²) in [6.45, 7) is 8.50. The van der Waals surface area contributed by atoms with Crippen LogP contribution in [0.3, 0.4) is 0 Å². The maximum atomic E-state index is 12.8. The fourth-order valence-corrected chi connectivity index (χ4v) is 3.31. The highest BCUT2D eigenvalue weighted by molar-refractivity contribution is 5.93. The highest BCUT2D eigenvalue weighted by Gasteiger charge is 2.19. The van der Waals surface area contributed by atoms with Gasteiger partial charge in [0.05, 0.1) is 18.5 Å². The normalized spacial score (nSPS) is 11.1. The molecule has 192 valence electrons. The van der Waals surface area contributed by atoms with Gasteiger partial charge in [0.2, 0.25) is 0 Å². The Morgan fingerprint density at radius 1 is 1.00 bits per heavy atom. The van der Waals surface area contributed by atoms with Crippen LogP contribution in [0.25, 0.3) is 16.9 Å². The van der Waals surface area contributed by atoms with E-state index in [-0.39, 0.29) is 24.7 Å². The van der Waals surface area contributed by atoms with Crippen LogP contribution in [0.1, 0.15) is 38.2 Å². The number of methoxy groups -OCH3 is 1. The second-order valence-corrected chi connectivity index (χ2v) is 9.23. The van der Waals surface area contributed by atoms with Gasteiger partial charge in [0.25, 0.3) is 5.91 Å². The minimum Gasteiger partial charge on any atom is -0.497 e. The van der Waals surface area contributed by atoms with Crippen LogP contribution in [0.4, 0.5) is 4.79 Å². The lowest BCUT2D eigenvalue weighted by atomic mass is 10.1. The summed E-state index contributed by atoms with van der Waals surface area (Å²) >= 11 is 0. The second kappa shape index (κ2) is 11.6. The van der Waals surface area contributed by atoms with E-state index in [1.54, 1.807) is 29.8 Å². The Bertz CT molecular complexity index is 1160. The molecule has 0 bridgehead atoms. The van der Waals surface area contributed by atoms with E-state index in [1.807, 2.05) is 76.2 Å². The highest BCUT2D eigenvalue weighted by Crippen LogP contribution is 2.27. The van der Waals surface area contributed by atoms with Gasteiger partial charge < -0.3 is 24.4 Å². The molecule has 0 saturated carbocycles. The summed E-state index contributed by atoms with van der Waals surface area (Å²) in [6.07, 6.45) is -0.479. The molecule has 0 spiro atoms. The smallest absolute Gasteiger partial charge is 0.407 e. The van der Waals surface area contributed by atoms with Crippen molar-refractivity contribution in [2.75, 3.05) is 33.9 Å². The van der Waals surface area contributed by atoms with Crippen molar-refractivity contribution in [3.63, 3.8) is 0 Å². The molecule has 2 aromatic carbocycles. The number of benzene rings is 2. The van der Waals surface area contributed by atoms with Crippen molar-refractivity contribution in [3.8, 4) is 28.4 Å². The van der Waals surface area contributed by atoms with Crippen molar-refractivity contribution in [1.29, 1.82) is 0 Å². The average molecular weight is 495 g/mol. The van der Waals surface area contributed by atoms with E-state index in [4.69, 9.17) is 14.2 Å². The molecular formula is C27H34N4O5. The quantitative estimate of drug-likeness (QED) is 0.439. The van der Waals surface area contributed by atoms with Gasteiger partial charge in [-0.15, -0.1) is 0 Å². The summed E-state index contributed by atoms with van der Waals surface area (Å²) in [5.74, 6) is 1.22. The number of hydrogen-bond acceptors (Lipinski definition) is 6. The van der Waals surface area contributed by atoms with Gasteiger partial charge in [-0.25, -0.2) is 9.48 Å². The van der Waals surface area contributed by atoms with Gasteiger partial charge in [-0.3, -0.25) is 4.79 Å². The molecule has 0 saturated heterocycles. The molecule has 9 heteroatoms. The van der Waals surface area contributed by atoms with Crippen molar-refractivity contribution in [2.45, 2.75) is 33.2 Å². The van der Waals surface area contributed by atoms with Crippen molar-refractivity contribution >= 4 is 12.0 Å². The molecular weight excluding hydrogens is 460 g/mol. The lowest BCUT2D eigenvalue weighted by Gasteiger charge is -2.19. The summed E-state index contributed by atoms with van der Waals surface area (Å²) in [5, 5.41) is 7.34. The van der Waals surface area contributed by atoms with E-state index >= 15 is 0 Å². The predicted molar refractivity (Wildman–Crippen MR) is 138 cm³/mol. The average Bonchev–Trinajstić information content (AvgIpc) is 3.30. The Hall–Kier alpha value is -4.01. The first-order chi connectivity index (χ1) is 17.1. The van der Waals surface area contributed by atoms with Crippen LogP contribution in [0.5, 0.6) is 11.5 Å². The van der Waals surface area contributed by atoms with Crippen LogP contribution in [0.2, 0.25) is 0 Å². The first-order valence-electron chi connectivity index (χ1n) is 11.8. The largest absolute Gasteiger partial charge is 0.497 e. The monoisotopic (exact) mass is 494 g/mol. The van der Waals surface area contributed by atoms with Crippen molar-refractivity contribution in [1.82, 2.24) is 20.0 Å². The predicted octanol–water partition coefficient (Wildman–Crippen LogP) is 4.54. The zero-order valence-electron chi connectivity index (χ0n) is 21.7. The topological polar surface area (TPSA) is 94.9 Å². The first-order valence-corrected chi connectivity index (χ1v) is 11.8. The fourth-order valence-electron chi connectivity index (χ4n) is 3.31. The van der Waals surface area contributed by atoms with Crippen LogP contribution in [-0.2, 0) is 4.74 Å². The van der Waals surface area contributed by atoms with Crippen molar-refractivity contribution in [3.05, 3.63) is 60.3 Å². The number of nitrogens with zero attached hydrogens (tertiary/aromatic N) is 3. The maximum Gasteiger partial charge on any atom is 0.407 e. The van der Waals surface area contributed by atoms with E-state index in [0.717, 1.165) is 22.7 Å². The first kappa shape index (κ1) is 26.6. The molecule has 36 heavy (non-hydrogen) atoms. The van der Waals surface area contributed by atoms with E-state index in [0.29, 0.717) is 18.0 Å². The van der Waals surface area contributed by atoms with E-state index < -0.39 is 6.09 Å². The van der Waals surface area contributed by atoms with E-state index in [9.17, 15) is 9.59 Å². The number of rotatable bonds is 9. The van der Waals surface area contributed by atoms with Gasteiger partial charge in [-0.05, 0) is 82.3 Å². The van der Waals surface area contributed by atoms with Gasteiger partial charge in [0.1, 0.15) is 24.7 Å². The zero-order valence-corrected chi connectivity index (χ0v) is 21.7. The molecule has 0 fully saturated rings. The van der Waals surface area contributed by atoms with Crippen LogP contribution >= 0.6 is 0 Å². The van der Waals surface area contributed by atoms with Crippen LogP contribution in [0, 0.1) is 0 Å². The molecule has 1 heterocycles. The second-order valence-electron chi connectivity index (χ2n) is 9.23. The molecule has 0 unspecified atom stereocenters. The lowest BCUT2D eigenvalue weighted by Crippen LogP contribution is -2.41. The molecule has 1 N–H and O–H groups in total. The minimum absolute atomic E-state index is 0.129. The Balaban J connectivity index is 1.76. The summed E-state index contributed by atoms with van der Waals surface area (Å²) in [5.41, 5.74) is 2.43. The number of nitrogens with one attached hydrogen (secondary N) is 1. The number of aromatic nitrogens is 2. The third-order valence-electron chi connectivity index (χ3n) is 5.28. The third kappa shape index (κ3) is 7.00. The Morgan fingerprint density at radius 2 is 1.64 bits per heavy atom. The Kier molecular flexibility index (Phi) is 8.58. The van der Waals surface area contributed by atoms with Gasteiger partial charge in [-0.1, -0.05) is 0 Å². The molecule has 0 aliphatic heterocycles. The van der Waals surface area contributed by atoms with Gasteiger partial charge in [0.15, 0.2) is 5.69 Å². The number of ether oxygens (including phenoxy) is 3. The van der Waals surface area contributed by atoms with Crippen molar-refractivity contribution in [2.24, 2.45) is 0 Å². The summed E-state index contributed by atoms with van der Waals surface area (Å²) in [4.78, 5) is 26.2. The molecule has 1 aromatic heterocycles. The van der Waals surface area contributed by atoms with E-state index in [2.05, 4.69) is 10.4 Å². The van der Waals surface area contributed by atoms with Crippen LogP contribution in [0.15, 0.2) is 54.6 Å². The number of hydrogen-bond donors (Lipinski definition) is 1. The fraction of sp³-hybridized carbons (Fsp3) is 0.370. The molecule has 2 amide bonds. The molecule has 0 atom stereocenters. The van der Waals surface area contributed by atoms with E-state index in [1.165, 1.54) is 0 Å². The van der Waals surface area contributed by atoms with Crippen LogP contribution in [-0.4, -0.2) is 66.1 Å². The molecule has 3 aromatic rings. The summed E-state index contributed by atoms with van der Waals surface area (Å²) in [7, 11) is 3.36. The zero-order chi connectivity index (χ0) is 26.3. The lowest BCUT2D eigenvalue weighted by molar-refractivity contribution is 0.0796. The standard InChI is InChI=1S/C27H34N4O5/c1-7-30(5)25(32)23-18-24(31(29-23)20-10-14-21(34-6)15-11-20)19-8-12-22(13-9-19)35-16-17-36-26(33)28-27(2,3)4/h8-15,18H,7,16-17H2,1-6H3,(H,28,33). The third-order valence-corrected chi connectivity index (χ3v) is 5.28. The molecule has 0 aliphatic rings. The van der Waals surface area contributed by atoms with Gasteiger partial charge in [-0.2, -0.15) is 5.10 Å². The minimum atomic E-state index is -0.479. The van der Waals surface area contributed by atoms with Crippen molar-refractivity contribution < 1.29 is 23.8 Å². The summed E-state index contributed by atoms with van der Waals surface area (Å²) in [6, 6.07) is 16.7. The SMILES string of the molecule is CCN(C)C(=O)c1cc(-c2ccc(OCCOC(=O)NC(C)(C)C)cc2)n(-c2ccc(OC)cc2)n1. The molecule has 0 aliphatic carbocycles. The maximum absolute atomic E-state index is 12.8. The number of amides is 2. The number of carbonyl (C=O) groups excluding carboxylic acids is 2. The highest BCUT2D eigenvalue weighted by atomic mass is 16.6. The number of carbonyl (C=O) groups is 2. The Morgan fingerprint density at radius 3 is 2.22 bits per heavy atom. The Labute approximate surface area is 212 Å². The molecule has 3 rings (SSSR count). The van der Waals surface area contributed by atoms with Gasteiger partial charge >= 0.3 is 6.09 Å².